The molecule has 150 valence electrons. The Hall–Kier alpha value is -4.01. The lowest BCUT2D eigenvalue weighted by Gasteiger charge is -2.13. The molecule has 4 aromatic rings. The summed E-state index contributed by atoms with van der Waals surface area (Å²) in [4.78, 5) is 19.4. The van der Waals surface area contributed by atoms with E-state index in [2.05, 4.69) is 15.3 Å². The van der Waals surface area contributed by atoms with Crippen molar-refractivity contribution in [3.63, 3.8) is 0 Å². The highest BCUT2D eigenvalue weighted by molar-refractivity contribution is 5.92. The molecule has 30 heavy (non-hydrogen) atoms. The van der Waals surface area contributed by atoms with Gasteiger partial charge in [0.25, 0.3) is 5.69 Å². The van der Waals surface area contributed by atoms with Gasteiger partial charge in [0.15, 0.2) is 5.82 Å². The predicted molar refractivity (Wildman–Crippen MR) is 106 cm³/mol. The number of hydrogen-bond donors (Lipinski definition) is 1. The van der Waals surface area contributed by atoms with Crippen molar-refractivity contribution in [2.45, 2.75) is 6.18 Å². The van der Waals surface area contributed by atoms with Crippen molar-refractivity contribution in [3.05, 3.63) is 88.5 Å². The summed E-state index contributed by atoms with van der Waals surface area (Å²) in [6.07, 6.45) is -4.47. The normalized spacial score (nSPS) is 11.4. The molecule has 1 N–H and O–H groups in total. The Morgan fingerprint density at radius 2 is 1.67 bits per heavy atom. The third-order valence-electron chi connectivity index (χ3n) is 4.37. The molecule has 0 saturated heterocycles. The van der Waals surface area contributed by atoms with Gasteiger partial charge in [0, 0.05) is 28.8 Å². The molecule has 0 radical (unpaired) electrons. The fourth-order valence-electron chi connectivity index (χ4n) is 2.97. The molecular formula is C21H13F3N4O2. The third kappa shape index (κ3) is 3.90. The highest BCUT2D eigenvalue weighted by Crippen LogP contribution is 2.33. The quantitative estimate of drug-likeness (QED) is 0.331. The lowest BCUT2D eigenvalue weighted by Crippen LogP contribution is -2.06. The zero-order chi connectivity index (χ0) is 21.3. The molecule has 1 aromatic heterocycles. The Morgan fingerprint density at radius 3 is 2.43 bits per heavy atom. The molecule has 0 bridgehead atoms. The minimum atomic E-state index is -4.47. The van der Waals surface area contributed by atoms with Crippen LogP contribution in [0.2, 0.25) is 0 Å². The predicted octanol–water partition coefficient (Wildman–Crippen LogP) is 5.97. The van der Waals surface area contributed by atoms with Gasteiger partial charge in [0.2, 0.25) is 0 Å². The maximum absolute atomic E-state index is 13.0. The topological polar surface area (TPSA) is 81.0 Å². The Labute approximate surface area is 168 Å². The van der Waals surface area contributed by atoms with Gasteiger partial charge in [-0.3, -0.25) is 10.1 Å². The van der Waals surface area contributed by atoms with E-state index in [-0.39, 0.29) is 17.2 Å². The van der Waals surface area contributed by atoms with Crippen LogP contribution in [0.25, 0.3) is 22.3 Å². The molecular weight excluding hydrogens is 397 g/mol. The van der Waals surface area contributed by atoms with E-state index in [1.807, 2.05) is 0 Å². The number of nitro groups is 1. The van der Waals surface area contributed by atoms with Crippen molar-refractivity contribution in [2.24, 2.45) is 0 Å². The molecule has 0 fully saturated rings. The van der Waals surface area contributed by atoms with Crippen LogP contribution in [0.3, 0.4) is 0 Å². The summed E-state index contributed by atoms with van der Waals surface area (Å²) in [5, 5.41) is 14.6. The van der Waals surface area contributed by atoms with Crippen LogP contribution in [-0.2, 0) is 6.18 Å². The summed E-state index contributed by atoms with van der Waals surface area (Å²) in [5.41, 5.74) is 0.269. The van der Waals surface area contributed by atoms with Crippen LogP contribution < -0.4 is 5.32 Å². The number of halogens is 3. The van der Waals surface area contributed by atoms with Crippen LogP contribution in [0.4, 0.5) is 30.4 Å². The first kappa shape index (κ1) is 19.3. The minimum Gasteiger partial charge on any atom is -0.340 e. The summed E-state index contributed by atoms with van der Waals surface area (Å²) >= 11 is 0. The van der Waals surface area contributed by atoms with Crippen molar-refractivity contribution in [2.75, 3.05) is 5.32 Å². The van der Waals surface area contributed by atoms with Gasteiger partial charge in [0.1, 0.15) is 5.82 Å². The molecule has 9 heteroatoms. The van der Waals surface area contributed by atoms with Gasteiger partial charge in [-0.2, -0.15) is 13.2 Å². The minimum absolute atomic E-state index is 0.114. The van der Waals surface area contributed by atoms with Gasteiger partial charge >= 0.3 is 6.18 Å². The summed E-state index contributed by atoms with van der Waals surface area (Å²) < 4.78 is 39.1. The molecule has 4 rings (SSSR count). The number of rotatable bonds is 4. The summed E-state index contributed by atoms with van der Waals surface area (Å²) in [5.74, 6) is 0.508. The molecule has 0 aliphatic heterocycles. The van der Waals surface area contributed by atoms with Gasteiger partial charge in [-0.25, -0.2) is 9.97 Å². The largest absolute Gasteiger partial charge is 0.416 e. The fraction of sp³-hybridized carbons (Fsp3) is 0.0476. The summed E-state index contributed by atoms with van der Waals surface area (Å²) in [6, 6.07) is 17.6. The number of para-hydroxylation sites is 1. The van der Waals surface area contributed by atoms with E-state index >= 15 is 0 Å². The first-order valence-electron chi connectivity index (χ1n) is 8.77. The average Bonchev–Trinajstić information content (AvgIpc) is 2.73. The summed E-state index contributed by atoms with van der Waals surface area (Å²) in [6.45, 7) is 0. The highest BCUT2D eigenvalue weighted by atomic mass is 19.4. The number of non-ortho nitro benzene ring substituents is 1. The molecule has 6 nitrogen and oxygen atoms in total. The first-order valence-corrected chi connectivity index (χ1v) is 8.77. The molecule has 0 aliphatic rings. The SMILES string of the molecule is O=[N+]([O-])c1cccc(-c2nc(Nc3cccc(C(F)(F)F)c3)c3ccccc3n2)c1. The van der Waals surface area contributed by atoms with Crippen molar-refractivity contribution in [1.29, 1.82) is 0 Å². The number of nitro benzene ring substituents is 1. The average molecular weight is 410 g/mol. The number of anilines is 2. The maximum atomic E-state index is 13.0. The third-order valence-corrected chi connectivity index (χ3v) is 4.37. The lowest BCUT2D eigenvalue weighted by atomic mass is 10.1. The van der Waals surface area contributed by atoms with Crippen LogP contribution in [0.5, 0.6) is 0 Å². The van der Waals surface area contributed by atoms with Gasteiger partial charge in [-0.05, 0) is 30.3 Å². The number of aromatic nitrogens is 2. The van der Waals surface area contributed by atoms with Crippen molar-refractivity contribution in [1.82, 2.24) is 9.97 Å². The van der Waals surface area contributed by atoms with Crippen LogP contribution >= 0.6 is 0 Å². The van der Waals surface area contributed by atoms with Gasteiger partial charge in [-0.1, -0.05) is 30.3 Å². The van der Waals surface area contributed by atoms with E-state index in [9.17, 15) is 23.3 Å². The zero-order valence-corrected chi connectivity index (χ0v) is 15.2. The number of benzene rings is 3. The van der Waals surface area contributed by atoms with Gasteiger partial charge in [-0.15, -0.1) is 0 Å². The van der Waals surface area contributed by atoms with E-state index in [4.69, 9.17) is 0 Å². The second kappa shape index (κ2) is 7.43. The number of alkyl halides is 3. The smallest absolute Gasteiger partial charge is 0.340 e. The van der Waals surface area contributed by atoms with Crippen molar-refractivity contribution in [3.8, 4) is 11.4 Å². The van der Waals surface area contributed by atoms with Crippen LogP contribution in [0, 0.1) is 10.1 Å². The molecule has 0 saturated carbocycles. The van der Waals surface area contributed by atoms with Crippen LogP contribution in [0.1, 0.15) is 5.56 Å². The Morgan fingerprint density at radius 1 is 0.900 bits per heavy atom. The fourth-order valence-corrected chi connectivity index (χ4v) is 2.97. The molecule has 3 aromatic carbocycles. The van der Waals surface area contributed by atoms with E-state index in [0.717, 1.165) is 12.1 Å². The van der Waals surface area contributed by atoms with Crippen LogP contribution in [0.15, 0.2) is 72.8 Å². The van der Waals surface area contributed by atoms with Crippen molar-refractivity contribution < 1.29 is 18.1 Å². The van der Waals surface area contributed by atoms with E-state index in [0.29, 0.717) is 22.3 Å². The number of hydrogen-bond acceptors (Lipinski definition) is 5. The first-order chi connectivity index (χ1) is 14.3. The number of nitrogens with zero attached hydrogens (tertiary/aromatic N) is 3. The number of fused-ring (bicyclic) bond motifs is 1. The van der Waals surface area contributed by atoms with Gasteiger partial charge in [0.05, 0.1) is 16.0 Å². The lowest BCUT2D eigenvalue weighted by molar-refractivity contribution is -0.384. The molecule has 0 aliphatic carbocycles. The van der Waals surface area contributed by atoms with E-state index < -0.39 is 16.7 Å². The van der Waals surface area contributed by atoms with Crippen LogP contribution in [-0.4, -0.2) is 14.9 Å². The van der Waals surface area contributed by atoms with Crippen molar-refractivity contribution >= 4 is 28.1 Å². The second-order valence-electron chi connectivity index (χ2n) is 6.42. The molecule has 0 unspecified atom stereocenters. The maximum Gasteiger partial charge on any atom is 0.416 e. The van der Waals surface area contributed by atoms with E-state index in [1.54, 1.807) is 30.3 Å². The van der Waals surface area contributed by atoms with E-state index in [1.165, 1.54) is 30.3 Å². The Kier molecular flexibility index (Phi) is 4.78. The molecule has 1 heterocycles. The molecule has 0 atom stereocenters. The monoisotopic (exact) mass is 410 g/mol. The van der Waals surface area contributed by atoms with Gasteiger partial charge < -0.3 is 5.32 Å². The zero-order valence-electron chi connectivity index (χ0n) is 15.2. The molecule has 0 amide bonds. The highest BCUT2D eigenvalue weighted by Gasteiger charge is 2.30. The standard InChI is InChI=1S/C21H13F3N4O2/c22-21(23,24)14-6-4-7-15(12-14)25-20-17-9-1-2-10-18(17)26-19(27-20)13-5-3-8-16(11-13)28(29)30/h1-12H,(H,25,26,27). The summed E-state index contributed by atoms with van der Waals surface area (Å²) in [7, 11) is 0. The number of nitrogens with one attached hydrogen (secondary N) is 1. The Balaban J connectivity index is 1.82. The molecule has 0 spiro atoms. The second-order valence-corrected chi connectivity index (χ2v) is 6.42. The Bertz CT molecular complexity index is 1260.